The quantitative estimate of drug-likeness (QED) is 0.190. The smallest absolute Gasteiger partial charge is 0.191 e. The molecule has 9 heteroatoms. The van der Waals surface area contributed by atoms with Gasteiger partial charge < -0.3 is 24.7 Å². The number of aromatic nitrogens is 3. The molecule has 168 valence electrons. The molecule has 1 aromatic heterocycles. The maximum atomic E-state index is 5.92. The Hall–Kier alpha value is -1.88. The molecule has 30 heavy (non-hydrogen) atoms. The third-order valence-corrected chi connectivity index (χ3v) is 4.32. The van der Waals surface area contributed by atoms with E-state index in [-0.39, 0.29) is 24.0 Å². The fourth-order valence-electron chi connectivity index (χ4n) is 2.82. The Labute approximate surface area is 196 Å². The first-order valence-electron chi connectivity index (χ1n) is 10.4. The average molecular weight is 530 g/mol. The highest BCUT2D eigenvalue weighted by Gasteiger charge is 2.06. The molecule has 1 heterocycles. The van der Waals surface area contributed by atoms with E-state index in [2.05, 4.69) is 64.4 Å². The zero-order valence-electron chi connectivity index (χ0n) is 18.5. The Morgan fingerprint density at radius 2 is 2.00 bits per heavy atom. The van der Waals surface area contributed by atoms with Crippen molar-refractivity contribution in [2.24, 2.45) is 4.99 Å². The van der Waals surface area contributed by atoms with Crippen LogP contribution in [0.4, 0.5) is 0 Å². The summed E-state index contributed by atoms with van der Waals surface area (Å²) in [5.74, 6) is 2.63. The number of halogens is 1. The maximum absolute atomic E-state index is 5.92. The van der Waals surface area contributed by atoms with E-state index in [0.717, 1.165) is 54.7 Å². The van der Waals surface area contributed by atoms with Gasteiger partial charge in [-0.15, -0.1) is 34.2 Å². The van der Waals surface area contributed by atoms with Crippen molar-refractivity contribution in [2.75, 3.05) is 32.9 Å². The molecule has 2 N–H and O–H groups in total. The Balaban J connectivity index is 0.00000450. The van der Waals surface area contributed by atoms with Crippen molar-refractivity contribution in [1.29, 1.82) is 0 Å². The van der Waals surface area contributed by atoms with Crippen LogP contribution in [0.1, 0.15) is 37.7 Å². The number of aliphatic imine (C=N–C) groups is 1. The van der Waals surface area contributed by atoms with Crippen LogP contribution in [-0.2, 0) is 24.2 Å². The Kier molecular flexibility index (Phi) is 13.1. The number of benzene rings is 1. The van der Waals surface area contributed by atoms with Gasteiger partial charge in [-0.25, -0.2) is 4.99 Å². The molecule has 8 nitrogen and oxygen atoms in total. The van der Waals surface area contributed by atoms with Crippen LogP contribution in [0.2, 0.25) is 0 Å². The van der Waals surface area contributed by atoms with E-state index in [9.17, 15) is 0 Å². The first-order valence-corrected chi connectivity index (χ1v) is 10.4. The molecule has 0 saturated heterocycles. The molecular formula is C21H35IN6O2. The predicted molar refractivity (Wildman–Crippen MR) is 131 cm³/mol. The molecule has 0 aliphatic carbocycles. The molecule has 0 amide bonds. The van der Waals surface area contributed by atoms with E-state index in [4.69, 9.17) is 14.5 Å². The Morgan fingerprint density at radius 3 is 2.73 bits per heavy atom. The SMILES string of the molecule is CCNC(=NCc1ccc(C)cc1OCCOCC)NCCn1cnnc1CC.I. The molecule has 0 fully saturated rings. The van der Waals surface area contributed by atoms with E-state index < -0.39 is 0 Å². The van der Waals surface area contributed by atoms with Crippen LogP contribution in [0.15, 0.2) is 29.5 Å². The maximum Gasteiger partial charge on any atom is 0.191 e. The highest BCUT2D eigenvalue weighted by molar-refractivity contribution is 14.0. The Morgan fingerprint density at radius 1 is 1.17 bits per heavy atom. The molecule has 2 aromatic rings. The first kappa shape index (κ1) is 26.2. The average Bonchev–Trinajstić information content (AvgIpc) is 3.18. The molecule has 0 unspecified atom stereocenters. The van der Waals surface area contributed by atoms with Crippen LogP contribution in [0.3, 0.4) is 0 Å². The third-order valence-electron chi connectivity index (χ3n) is 4.32. The summed E-state index contributed by atoms with van der Waals surface area (Å²) in [4.78, 5) is 4.72. The lowest BCUT2D eigenvalue weighted by molar-refractivity contribution is 0.110. The summed E-state index contributed by atoms with van der Waals surface area (Å²) in [6.07, 6.45) is 2.64. The van der Waals surface area contributed by atoms with Gasteiger partial charge in [0.15, 0.2) is 5.96 Å². The molecule has 0 atom stereocenters. The van der Waals surface area contributed by atoms with Crippen LogP contribution in [0.5, 0.6) is 5.75 Å². The monoisotopic (exact) mass is 530 g/mol. The minimum atomic E-state index is 0. The Bertz CT molecular complexity index is 766. The number of ether oxygens (including phenoxy) is 2. The normalized spacial score (nSPS) is 11.1. The number of hydrogen-bond donors (Lipinski definition) is 2. The fraction of sp³-hybridized carbons (Fsp3) is 0.571. The molecule has 0 aliphatic rings. The van der Waals surface area contributed by atoms with Gasteiger partial charge in [0, 0.05) is 38.2 Å². The standard InChI is InChI=1S/C21H34N6O2.HI/c1-5-20-26-25-16-27(20)11-10-23-21(22-6-2)24-15-18-9-8-17(4)14-19(18)29-13-12-28-7-3;/h8-9,14,16H,5-7,10-13,15H2,1-4H3,(H2,22,23,24);1H. The summed E-state index contributed by atoms with van der Waals surface area (Å²) >= 11 is 0. The van der Waals surface area contributed by atoms with E-state index >= 15 is 0 Å². The van der Waals surface area contributed by atoms with Crippen molar-refractivity contribution in [3.63, 3.8) is 0 Å². The highest BCUT2D eigenvalue weighted by atomic mass is 127. The summed E-state index contributed by atoms with van der Waals surface area (Å²) in [6.45, 7) is 12.8. The van der Waals surface area contributed by atoms with Gasteiger partial charge >= 0.3 is 0 Å². The number of guanidine groups is 1. The van der Waals surface area contributed by atoms with E-state index in [1.54, 1.807) is 6.33 Å². The second kappa shape index (κ2) is 15.0. The fourth-order valence-corrected chi connectivity index (χ4v) is 2.82. The lowest BCUT2D eigenvalue weighted by Crippen LogP contribution is -2.38. The summed E-state index contributed by atoms with van der Waals surface area (Å²) in [5, 5.41) is 14.7. The topological polar surface area (TPSA) is 85.6 Å². The van der Waals surface area contributed by atoms with Crippen LogP contribution in [-0.4, -0.2) is 53.6 Å². The van der Waals surface area contributed by atoms with E-state index in [1.807, 2.05) is 6.92 Å². The van der Waals surface area contributed by atoms with Crippen LogP contribution in [0, 0.1) is 6.92 Å². The first-order chi connectivity index (χ1) is 14.2. The molecule has 1 aromatic carbocycles. The van der Waals surface area contributed by atoms with Crippen LogP contribution >= 0.6 is 24.0 Å². The van der Waals surface area contributed by atoms with Gasteiger partial charge in [-0.05, 0) is 32.4 Å². The van der Waals surface area contributed by atoms with E-state index in [0.29, 0.717) is 26.4 Å². The summed E-state index contributed by atoms with van der Waals surface area (Å²) in [7, 11) is 0. The molecule has 0 bridgehead atoms. The molecular weight excluding hydrogens is 495 g/mol. The second-order valence-corrected chi connectivity index (χ2v) is 6.57. The lowest BCUT2D eigenvalue weighted by atomic mass is 10.1. The van der Waals surface area contributed by atoms with Gasteiger partial charge in [-0.3, -0.25) is 0 Å². The highest BCUT2D eigenvalue weighted by Crippen LogP contribution is 2.21. The van der Waals surface area contributed by atoms with E-state index in [1.165, 1.54) is 0 Å². The van der Waals surface area contributed by atoms with Gasteiger partial charge in [0.2, 0.25) is 0 Å². The van der Waals surface area contributed by atoms with Crippen molar-refractivity contribution >= 4 is 29.9 Å². The number of aryl methyl sites for hydroxylation is 2. The molecule has 0 saturated carbocycles. The zero-order valence-corrected chi connectivity index (χ0v) is 20.8. The van der Waals surface area contributed by atoms with Gasteiger partial charge in [0.05, 0.1) is 13.2 Å². The summed E-state index contributed by atoms with van der Waals surface area (Å²) < 4.78 is 13.3. The summed E-state index contributed by atoms with van der Waals surface area (Å²) in [6, 6.07) is 6.21. The van der Waals surface area contributed by atoms with Crippen molar-refractivity contribution < 1.29 is 9.47 Å². The lowest BCUT2D eigenvalue weighted by Gasteiger charge is -2.14. The number of nitrogens with one attached hydrogen (secondary N) is 2. The van der Waals surface area contributed by atoms with Crippen molar-refractivity contribution in [3.05, 3.63) is 41.5 Å². The molecule has 0 spiro atoms. The number of hydrogen-bond acceptors (Lipinski definition) is 5. The van der Waals surface area contributed by atoms with Gasteiger partial charge in [-0.1, -0.05) is 19.1 Å². The van der Waals surface area contributed by atoms with Crippen LogP contribution < -0.4 is 15.4 Å². The van der Waals surface area contributed by atoms with Crippen molar-refractivity contribution in [3.8, 4) is 5.75 Å². The molecule has 0 radical (unpaired) electrons. The number of rotatable bonds is 12. The predicted octanol–water partition coefficient (Wildman–Crippen LogP) is 2.94. The molecule has 2 rings (SSSR count). The third kappa shape index (κ3) is 8.86. The van der Waals surface area contributed by atoms with Gasteiger partial charge in [-0.2, -0.15) is 0 Å². The van der Waals surface area contributed by atoms with Gasteiger partial charge in [0.1, 0.15) is 24.5 Å². The number of nitrogens with zero attached hydrogens (tertiary/aromatic N) is 4. The van der Waals surface area contributed by atoms with Crippen molar-refractivity contribution in [1.82, 2.24) is 25.4 Å². The van der Waals surface area contributed by atoms with Crippen LogP contribution in [0.25, 0.3) is 0 Å². The van der Waals surface area contributed by atoms with Crippen molar-refractivity contribution in [2.45, 2.75) is 47.2 Å². The zero-order chi connectivity index (χ0) is 20.9. The minimum Gasteiger partial charge on any atom is -0.491 e. The largest absolute Gasteiger partial charge is 0.491 e. The minimum absolute atomic E-state index is 0. The van der Waals surface area contributed by atoms with Gasteiger partial charge in [0.25, 0.3) is 0 Å². The molecule has 0 aliphatic heterocycles. The second-order valence-electron chi connectivity index (χ2n) is 6.57. The summed E-state index contributed by atoms with van der Waals surface area (Å²) in [5.41, 5.74) is 2.21.